The third kappa shape index (κ3) is 3.54. The van der Waals surface area contributed by atoms with Gasteiger partial charge in [0.25, 0.3) is 5.91 Å². The molecule has 9 heteroatoms. The van der Waals surface area contributed by atoms with E-state index in [4.69, 9.17) is 9.84 Å². The van der Waals surface area contributed by atoms with Crippen LogP contribution in [0.2, 0.25) is 0 Å². The summed E-state index contributed by atoms with van der Waals surface area (Å²) in [5.41, 5.74) is 1.29. The highest BCUT2D eigenvalue weighted by molar-refractivity contribution is 7.92. The van der Waals surface area contributed by atoms with Gasteiger partial charge in [-0.1, -0.05) is 12.1 Å². The Balaban J connectivity index is 1.83. The van der Waals surface area contributed by atoms with Gasteiger partial charge in [-0.05, 0) is 30.7 Å². The Labute approximate surface area is 163 Å². The summed E-state index contributed by atoms with van der Waals surface area (Å²) < 4.78 is 30.8. The normalized spacial score (nSPS) is 24.1. The molecule has 1 N–H and O–H groups in total. The van der Waals surface area contributed by atoms with Crippen molar-refractivity contribution in [2.75, 3.05) is 19.4 Å². The smallest absolute Gasteiger partial charge is 0.304 e. The maximum Gasteiger partial charge on any atom is 0.304 e. The molecule has 3 rings (SSSR count). The molecule has 0 radical (unpaired) electrons. The first kappa shape index (κ1) is 20.1. The molecule has 1 aromatic rings. The summed E-state index contributed by atoms with van der Waals surface area (Å²) >= 11 is 0. The van der Waals surface area contributed by atoms with Crippen molar-refractivity contribution >= 4 is 27.9 Å². The van der Waals surface area contributed by atoms with Crippen LogP contribution in [0, 0.1) is 5.92 Å². The highest BCUT2D eigenvalue weighted by Gasteiger charge is 2.53. The highest BCUT2D eigenvalue weighted by atomic mass is 32.2. The Hall–Kier alpha value is -2.68. The molecule has 1 fully saturated rings. The van der Waals surface area contributed by atoms with Gasteiger partial charge in [-0.2, -0.15) is 0 Å². The summed E-state index contributed by atoms with van der Waals surface area (Å²) in [7, 11) is -2.30. The zero-order chi connectivity index (χ0) is 20.5. The Morgan fingerprint density at radius 1 is 1.36 bits per heavy atom. The summed E-state index contributed by atoms with van der Waals surface area (Å²) in [4.78, 5) is 27.9. The Bertz CT molecular complexity index is 951. The van der Waals surface area contributed by atoms with Crippen LogP contribution in [0.3, 0.4) is 0 Å². The van der Waals surface area contributed by atoms with Crippen LogP contribution in [0.25, 0.3) is 0 Å². The van der Waals surface area contributed by atoms with E-state index in [1.165, 1.54) is 13.1 Å². The number of hydrogen-bond acceptors (Lipinski definition) is 6. The number of amides is 1. The number of likely N-dealkylation sites (tertiary alicyclic amines) is 1. The number of sulfone groups is 1. The third-order valence-electron chi connectivity index (χ3n) is 5.29. The van der Waals surface area contributed by atoms with Gasteiger partial charge in [-0.3, -0.25) is 14.6 Å². The predicted molar refractivity (Wildman–Crippen MR) is 103 cm³/mol. The minimum absolute atomic E-state index is 0.205. The lowest BCUT2D eigenvalue weighted by atomic mass is 9.92. The highest BCUT2D eigenvalue weighted by Crippen LogP contribution is 2.41. The van der Waals surface area contributed by atoms with Gasteiger partial charge in [0.15, 0.2) is 14.7 Å². The molecule has 0 saturated carbocycles. The van der Waals surface area contributed by atoms with E-state index in [-0.39, 0.29) is 12.5 Å². The van der Waals surface area contributed by atoms with Crippen molar-refractivity contribution in [1.82, 2.24) is 4.90 Å². The molecule has 28 heavy (non-hydrogen) atoms. The molecule has 1 aromatic carbocycles. The van der Waals surface area contributed by atoms with E-state index in [0.717, 1.165) is 5.56 Å². The molecule has 2 atom stereocenters. The van der Waals surface area contributed by atoms with Crippen molar-refractivity contribution in [1.29, 1.82) is 0 Å². The van der Waals surface area contributed by atoms with Gasteiger partial charge < -0.3 is 14.7 Å². The predicted octanol–water partition coefficient (Wildman–Crippen LogP) is 1.27. The number of allylic oxidation sites excluding steroid dienone is 1. The second-order valence-corrected chi connectivity index (χ2v) is 9.47. The summed E-state index contributed by atoms with van der Waals surface area (Å²) in [6, 6.07) is 7.29. The molecule has 8 nitrogen and oxygen atoms in total. The molecule has 0 bridgehead atoms. The van der Waals surface area contributed by atoms with Gasteiger partial charge in [0, 0.05) is 30.8 Å². The van der Waals surface area contributed by atoms with Crippen molar-refractivity contribution in [3.63, 3.8) is 0 Å². The standard InChI is InChI=1S/C19H22N2O6S/c1-19(28(25,26)10-8-17(22)23)16-12-21(18(24)15(16)7-9-20-19)11-13-3-5-14(27-2)6-4-13/h3-7,9,16H,8,10-12H2,1-2H3,(H,22,23). The topological polar surface area (TPSA) is 113 Å². The number of carboxylic acids is 1. The van der Waals surface area contributed by atoms with Gasteiger partial charge in [0.05, 0.1) is 19.3 Å². The molecule has 2 aliphatic heterocycles. The van der Waals surface area contributed by atoms with Crippen LogP contribution in [-0.2, 0) is 26.0 Å². The molecular formula is C19H22N2O6S. The lowest BCUT2D eigenvalue weighted by molar-refractivity contribution is -0.136. The lowest BCUT2D eigenvalue weighted by Gasteiger charge is -2.33. The van der Waals surface area contributed by atoms with Crippen molar-refractivity contribution in [2.45, 2.75) is 24.8 Å². The Kier molecular flexibility index (Phi) is 5.29. The molecule has 2 aliphatic rings. The molecule has 0 spiro atoms. The van der Waals surface area contributed by atoms with Crippen LogP contribution in [0.15, 0.2) is 40.9 Å². The first-order chi connectivity index (χ1) is 13.2. The number of aliphatic carboxylic acids is 1. The van der Waals surface area contributed by atoms with Crippen LogP contribution in [-0.4, -0.2) is 60.8 Å². The number of ether oxygens (including phenoxy) is 1. The second kappa shape index (κ2) is 7.38. The van der Waals surface area contributed by atoms with E-state index in [0.29, 0.717) is 17.9 Å². The van der Waals surface area contributed by atoms with Crippen LogP contribution >= 0.6 is 0 Å². The Morgan fingerprint density at radius 3 is 2.64 bits per heavy atom. The van der Waals surface area contributed by atoms with Crippen molar-refractivity contribution < 1.29 is 27.9 Å². The van der Waals surface area contributed by atoms with Crippen molar-refractivity contribution in [3.8, 4) is 5.75 Å². The van der Waals surface area contributed by atoms with Crippen LogP contribution in [0.1, 0.15) is 18.9 Å². The molecule has 2 heterocycles. The maximum absolute atomic E-state index is 12.8. The van der Waals surface area contributed by atoms with E-state index in [1.54, 1.807) is 30.2 Å². The van der Waals surface area contributed by atoms with Gasteiger partial charge in [-0.15, -0.1) is 0 Å². The van der Waals surface area contributed by atoms with Crippen LogP contribution < -0.4 is 4.74 Å². The molecule has 0 aliphatic carbocycles. The minimum Gasteiger partial charge on any atom is -0.497 e. The van der Waals surface area contributed by atoms with Gasteiger partial charge in [-0.25, -0.2) is 8.42 Å². The largest absolute Gasteiger partial charge is 0.497 e. The number of benzene rings is 1. The summed E-state index contributed by atoms with van der Waals surface area (Å²) in [5, 5.41) is 8.85. The lowest BCUT2D eigenvalue weighted by Crippen LogP contribution is -2.46. The SMILES string of the molecule is COc1ccc(CN2CC3C(=CC=NC3(C)S(=O)(=O)CCC(=O)O)C2=O)cc1. The molecule has 150 valence electrons. The summed E-state index contributed by atoms with van der Waals surface area (Å²) in [5.74, 6) is -1.87. The molecule has 1 saturated heterocycles. The molecule has 1 amide bonds. The molecule has 0 aromatic heterocycles. The number of rotatable bonds is 7. The number of nitrogens with zero attached hydrogens (tertiary/aromatic N) is 2. The van der Waals surface area contributed by atoms with E-state index >= 15 is 0 Å². The van der Waals surface area contributed by atoms with Gasteiger partial charge in [0.2, 0.25) is 0 Å². The number of hydrogen-bond donors (Lipinski definition) is 1. The van der Waals surface area contributed by atoms with E-state index in [9.17, 15) is 18.0 Å². The van der Waals surface area contributed by atoms with E-state index in [2.05, 4.69) is 4.99 Å². The first-order valence-electron chi connectivity index (χ1n) is 8.79. The number of aliphatic imine (C=N–C) groups is 1. The quantitative estimate of drug-likeness (QED) is 0.730. The number of fused-ring (bicyclic) bond motifs is 1. The number of carbonyl (C=O) groups is 2. The first-order valence-corrected chi connectivity index (χ1v) is 10.4. The average Bonchev–Trinajstić information content (AvgIpc) is 2.98. The van der Waals surface area contributed by atoms with E-state index in [1.807, 2.05) is 12.1 Å². The molecular weight excluding hydrogens is 384 g/mol. The fourth-order valence-corrected chi connectivity index (χ4v) is 5.26. The maximum atomic E-state index is 12.8. The second-order valence-electron chi connectivity index (χ2n) is 7.00. The third-order valence-corrected chi connectivity index (χ3v) is 7.68. The average molecular weight is 406 g/mol. The van der Waals surface area contributed by atoms with Gasteiger partial charge in [0.1, 0.15) is 5.75 Å². The Morgan fingerprint density at radius 2 is 2.04 bits per heavy atom. The number of carboxylic acid groups (broad SMARTS) is 1. The monoisotopic (exact) mass is 406 g/mol. The fraction of sp³-hybridized carbons (Fsp3) is 0.421. The van der Waals surface area contributed by atoms with Crippen molar-refractivity contribution in [3.05, 3.63) is 41.5 Å². The summed E-state index contributed by atoms with van der Waals surface area (Å²) in [6.07, 6.45) is 2.39. The zero-order valence-electron chi connectivity index (χ0n) is 15.7. The summed E-state index contributed by atoms with van der Waals surface area (Å²) in [6.45, 7) is 2.00. The zero-order valence-corrected chi connectivity index (χ0v) is 16.5. The van der Waals surface area contributed by atoms with Crippen LogP contribution in [0.4, 0.5) is 0 Å². The number of dihydropyridines is 1. The number of carbonyl (C=O) groups excluding carboxylic acids is 1. The van der Waals surface area contributed by atoms with Crippen LogP contribution in [0.5, 0.6) is 5.75 Å². The van der Waals surface area contributed by atoms with E-state index < -0.39 is 38.8 Å². The fourth-order valence-electron chi connectivity index (χ4n) is 3.55. The van der Waals surface area contributed by atoms with Gasteiger partial charge >= 0.3 is 5.97 Å². The van der Waals surface area contributed by atoms with Crippen molar-refractivity contribution in [2.24, 2.45) is 10.9 Å². The number of methoxy groups -OCH3 is 1. The minimum atomic E-state index is -3.88. The molecule has 2 unspecified atom stereocenters.